The quantitative estimate of drug-likeness (QED) is 0.838. The minimum absolute atomic E-state index is 0.179. The number of nitrogens with one attached hydrogen (secondary N) is 1. The molecule has 0 bridgehead atoms. The molecule has 1 heterocycles. The second-order valence-electron chi connectivity index (χ2n) is 8.33. The van der Waals surface area contributed by atoms with E-state index in [0.717, 1.165) is 12.3 Å². The standard InChI is InChI=1S/C19H33NO3S/c21-18(17-11-5-8-14-24(17,22)23)20-15-19(12-6-2-7-13-19)16-9-3-1-4-10-16/h16-17H,1-15H2,(H,20,21). The van der Waals surface area contributed by atoms with Gasteiger partial charge in [-0.3, -0.25) is 4.79 Å². The zero-order valence-corrected chi connectivity index (χ0v) is 15.7. The van der Waals surface area contributed by atoms with Crippen molar-refractivity contribution in [2.24, 2.45) is 11.3 Å². The fourth-order valence-corrected chi connectivity index (χ4v) is 7.15. The summed E-state index contributed by atoms with van der Waals surface area (Å²) in [6.45, 7) is 0.697. The summed E-state index contributed by atoms with van der Waals surface area (Å²) in [4.78, 5) is 12.6. The third kappa shape index (κ3) is 3.97. The first-order valence-corrected chi connectivity index (χ1v) is 11.7. The zero-order chi connectivity index (χ0) is 17.0. The highest BCUT2D eigenvalue weighted by atomic mass is 32.2. The van der Waals surface area contributed by atoms with Crippen LogP contribution in [0.25, 0.3) is 0 Å². The van der Waals surface area contributed by atoms with E-state index in [9.17, 15) is 13.2 Å². The zero-order valence-electron chi connectivity index (χ0n) is 14.9. The number of carbonyl (C=O) groups is 1. The number of amides is 1. The van der Waals surface area contributed by atoms with E-state index in [4.69, 9.17) is 0 Å². The van der Waals surface area contributed by atoms with Crippen molar-refractivity contribution in [3.05, 3.63) is 0 Å². The van der Waals surface area contributed by atoms with E-state index < -0.39 is 15.1 Å². The Kier molecular flexibility index (Phi) is 5.89. The Hall–Kier alpha value is -0.580. The van der Waals surface area contributed by atoms with E-state index in [0.29, 0.717) is 19.4 Å². The van der Waals surface area contributed by atoms with Crippen molar-refractivity contribution < 1.29 is 13.2 Å². The summed E-state index contributed by atoms with van der Waals surface area (Å²) in [5.41, 5.74) is 0.229. The van der Waals surface area contributed by atoms with Gasteiger partial charge in [0.1, 0.15) is 5.25 Å². The molecule has 1 unspecified atom stereocenters. The maximum Gasteiger partial charge on any atom is 0.238 e. The van der Waals surface area contributed by atoms with Gasteiger partial charge in [-0.15, -0.1) is 0 Å². The molecular weight excluding hydrogens is 322 g/mol. The molecule has 1 aliphatic heterocycles. The van der Waals surface area contributed by atoms with Crippen molar-refractivity contribution in [2.75, 3.05) is 12.3 Å². The first-order valence-electron chi connectivity index (χ1n) is 10.0. The molecule has 24 heavy (non-hydrogen) atoms. The van der Waals surface area contributed by atoms with Gasteiger partial charge in [-0.1, -0.05) is 44.9 Å². The molecule has 1 saturated heterocycles. The lowest BCUT2D eigenvalue weighted by molar-refractivity contribution is -0.122. The van der Waals surface area contributed by atoms with Crippen molar-refractivity contribution in [3.8, 4) is 0 Å². The lowest BCUT2D eigenvalue weighted by Crippen LogP contribution is -2.49. The lowest BCUT2D eigenvalue weighted by atomic mass is 9.61. The maximum atomic E-state index is 12.6. The van der Waals surface area contributed by atoms with Crippen LogP contribution in [-0.4, -0.2) is 31.9 Å². The molecule has 0 aromatic rings. The number of sulfone groups is 1. The van der Waals surface area contributed by atoms with E-state index in [1.165, 1.54) is 64.2 Å². The highest BCUT2D eigenvalue weighted by Crippen LogP contribution is 2.47. The Morgan fingerprint density at radius 1 is 0.875 bits per heavy atom. The molecule has 138 valence electrons. The van der Waals surface area contributed by atoms with Gasteiger partial charge in [0, 0.05) is 6.54 Å². The summed E-state index contributed by atoms with van der Waals surface area (Å²) in [6.07, 6.45) is 14.9. The summed E-state index contributed by atoms with van der Waals surface area (Å²) in [5, 5.41) is 2.30. The molecule has 3 fully saturated rings. The predicted octanol–water partition coefficient (Wildman–Crippen LogP) is 3.60. The average Bonchev–Trinajstić information content (AvgIpc) is 2.61. The normalized spacial score (nSPS) is 30.6. The van der Waals surface area contributed by atoms with E-state index in [-0.39, 0.29) is 17.1 Å². The molecule has 0 aromatic heterocycles. The van der Waals surface area contributed by atoms with Crippen LogP contribution in [-0.2, 0) is 14.6 Å². The number of rotatable bonds is 4. The van der Waals surface area contributed by atoms with Gasteiger partial charge in [0.05, 0.1) is 5.75 Å². The molecule has 2 saturated carbocycles. The molecular formula is C19H33NO3S. The van der Waals surface area contributed by atoms with Gasteiger partial charge in [-0.2, -0.15) is 0 Å². The van der Waals surface area contributed by atoms with Crippen LogP contribution in [0.2, 0.25) is 0 Å². The summed E-state index contributed by atoms with van der Waals surface area (Å²) in [5.74, 6) is 0.670. The van der Waals surface area contributed by atoms with Crippen molar-refractivity contribution in [1.29, 1.82) is 0 Å². The van der Waals surface area contributed by atoms with Gasteiger partial charge >= 0.3 is 0 Å². The smallest absolute Gasteiger partial charge is 0.238 e. The molecule has 3 rings (SSSR count). The summed E-state index contributed by atoms with van der Waals surface area (Å²) in [7, 11) is -3.23. The van der Waals surface area contributed by atoms with Crippen molar-refractivity contribution >= 4 is 15.7 Å². The number of carbonyl (C=O) groups excluding carboxylic acids is 1. The molecule has 0 radical (unpaired) electrons. The number of hydrogen-bond acceptors (Lipinski definition) is 3. The minimum Gasteiger partial charge on any atom is -0.354 e. The third-order valence-corrected chi connectivity index (χ3v) is 8.98. The Balaban J connectivity index is 1.65. The first-order chi connectivity index (χ1) is 11.5. The molecule has 3 aliphatic rings. The predicted molar refractivity (Wildman–Crippen MR) is 96.5 cm³/mol. The Morgan fingerprint density at radius 2 is 1.50 bits per heavy atom. The first kappa shape index (κ1) is 18.2. The molecule has 2 aliphatic carbocycles. The maximum absolute atomic E-state index is 12.6. The van der Waals surface area contributed by atoms with Gasteiger partial charge in [-0.25, -0.2) is 8.42 Å². The number of hydrogen-bond donors (Lipinski definition) is 1. The SMILES string of the molecule is O=C(NCC1(C2CCCCC2)CCCCC1)C1CCCCS1(=O)=O. The van der Waals surface area contributed by atoms with Crippen LogP contribution in [0.1, 0.15) is 83.5 Å². The van der Waals surface area contributed by atoms with Gasteiger partial charge in [0.2, 0.25) is 5.91 Å². The van der Waals surface area contributed by atoms with Gasteiger partial charge in [-0.05, 0) is 49.9 Å². The molecule has 0 spiro atoms. The van der Waals surface area contributed by atoms with E-state index >= 15 is 0 Å². The molecule has 1 amide bonds. The monoisotopic (exact) mass is 355 g/mol. The largest absolute Gasteiger partial charge is 0.354 e. The van der Waals surface area contributed by atoms with E-state index in [1.807, 2.05) is 0 Å². The van der Waals surface area contributed by atoms with Crippen LogP contribution in [0.15, 0.2) is 0 Å². The van der Waals surface area contributed by atoms with Crippen molar-refractivity contribution in [2.45, 2.75) is 88.7 Å². The lowest BCUT2D eigenvalue weighted by Gasteiger charge is -2.46. The minimum atomic E-state index is -3.23. The Labute approximate surface area is 147 Å². The summed E-state index contributed by atoms with van der Waals surface area (Å²) in [6, 6.07) is 0. The van der Waals surface area contributed by atoms with E-state index in [1.54, 1.807) is 0 Å². The molecule has 5 heteroatoms. The van der Waals surface area contributed by atoms with Gasteiger partial charge < -0.3 is 5.32 Å². The highest BCUT2D eigenvalue weighted by molar-refractivity contribution is 7.92. The van der Waals surface area contributed by atoms with E-state index in [2.05, 4.69) is 5.32 Å². The Morgan fingerprint density at radius 3 is 2.17 bits per heavy atom. The Bertz CT molecular complexity index is 531. The highest BCUT2D eigenvalue weighted by Gasteiger charge is 2.41. The summed E-state index contributed by atoms with van der Waals surface area (Å²) < 4.78 is 24.4. The van der Waals surface area contributed by atoms with Crippen LogP contribution in [0, 0.1) is 11.3 Å². The summed E-state index contributed by atoms with van der Waals surface area (Å²) >= 11 is 0. The second-order valence-corrected chi connectivity index (χ2v) is 10.6. The van der Waals surface area contributed by atoms with Crippen LogP contribution in [0.3, 0.4) is 0 Å². The molecule has 1 atom stereocenters. The van der Waals surface area contributed by atoms with Crippen molar-refractivity contribution in [1.82, 2.24) is 5.32 Å². The van der Waals surface area contributed by atoms with Crippen molar-refractivity contribution in [3.63, 3.8) is 0 Å². The fourth-order valence-electron chi connectivity index (χ4n) is 5.33. The molecule has 0 aromatic carbocycles. The molecule has 4 nitrogen and oxygen atoms in total. The molecule has 1 N–H and O–H groups in total. The average molecular weight is 356 g/mol. The van der Waals surface area contributed by atoms with Crippen LogP contribution in [0.4, 0.5) is 0 Å². The van der Waals surface area contributed by atoms with Crippen LogP contribution >= 0.6 is 0 Å². The van der Waals surface area contributed by atoms with Crippen LogP contribution in [0.5, 0.6) is 0 Å². The second kappa shape index (κ2) is 7.76. The van der Waals surface area contributed by atoms with Crippen LogP contribution < -0.4 is 5.32 Å². The third-order valence-electron chi connectivity index (χ3n) is 6.81. The van der Waals surface area contributed by atoms with Gasteiger partial charge in [0.25, 0.3) is 0 Å². The van der Waals surface area contributed by atoms with Gasteiger partial charge in [0.15, 0.2) is 9.84 Å². The fraction of sp³-hybridized carbons (Fsp3) is 0.947. The topological polar surface area (TPSA) is 63.2 Å².